The van der Waals surface area contributed by atoms with Gasteiger partial charge in [0, 0.05) is 0 Å². The van der Waals surface area contributed by atoms with E-state index in [1.165, 1.54) is 164 Å². The van der Waals surface area contributed by atoms with Gasteiger partial charge < -0.3 is 0 Å². The van der Waals surface area contributed by atoms with Crippen molar-refractivity contribution in [3.05, 3.63) is 303 Å². The third-order valence-electron chi connectivity index (χ3n) is 17.0. The predicted octanol–water partition coefficient (Wildman–Crippen LogP) is 22.6. The van der Waals surface area contributed by atoms with E-state index >= 15 is 0 Å². The standard InChI is InChI=1S/C80H50/c1-2-22-56-46-58(41-38-51(56)18-1)78-71-31-11-13-33-73(71)80(74-34-14-12-32-72(74)78)76-45-44-67(68-29-9-10-30-70(68)76)60-47-59(66-36-16-24-53-20-4-7-27-63(53)66)48-61(49-60)79-75(69-37-17-25-54-21-5-8-28-64(54)69)43-42-55-39-40-57(50-77(55)79)65-35-15-23-52-19-3-6-26-62(52)65/h1-50H. The van der Waals surface area contributed by atoms with Crippen molar-refractivity contribution in [3.63, 3.8) is 0 Å². The van der Waals surface area contributed by atoms with Gasteiger partial charge in [-0.05, 0) is 194 Å². The van der Waals surface area contributed by atoms with Crippen molar-refractivity contribution in [1.82, 2.24) is 0 Å². The highest BCUT2D eigenvalue weighted by Crippen LogP contribution is 2.49. The average molecular weight is 1010 g/mol. The van der Waals surface area contributed by atoms with Gasteiger partial charge in [0.25, 0.3) is 0 Å². The number of hydrogen-bond donors (Lipinski definition) is 0. The monoisotopic (exact) mass is 1010 g/mol. The third-order valence-corrected chi connectivity index (χ3v) is 17.0. The van der Waals surface area contributed by atoms with E-state index in [0.29, 0.717) is 0 Å². The minimum Gasteiger partial charge on any atom is -0.0616 e. The second kappa shape index (κ2) is 18.7. The van der Waals surface area contributed by atoms with Crippen molar-refractivity contribution < 1.29 is 0 Å². The van der Waals surface area contributed by atoms with Crippen LogP contribution in [-0.2, 0) is 0 Å². The summed E-state index contributed by atoms with van der Waals surface area (Å²) in [6.45, 7) is 0. The molecule has 16 aromatic carbocycles. The zero-order chi connectivity index (χ0) is 52.7. The quantitative estimate of drug-likeness (QED) is 0.140. The molecule has 16 rings (SSSR count). The lowest BCUT2D eigenvalue weighted by molar-refractivity contribution is 1.59. The Morgan fingerprint density at radius 1 is 0.125 bits per heavy atom. The van der Waals surface area contributed by atoms with E-state index in [4.69, 9.17) is 0 Å². The van der Waals surface area contributed by atoms with E-state index < -0.39 is 0 Å². The lowest BCUT2D eigenvalue weighted by Gasteiger charge is -2.21. The predicted molar refractivity (Wildman–Crippen MR) is 345 cm³/mol. The molecule has 0 radical (unpaired) electrons. The first-order valence-electron chi connectivity index (χ1n) is 27.8. The summed E-state index contributed by atoms with van der Waals surface area (Å²) in [4.78, 5) is 0. The van der Waals surface area contributed by atoms with Crippen LogP contribution in [0.1, 0.15) is 0 Å². The van der Waals surface area contributed by atoms with Crippen molar-refractivity contribution in [2.45, 2.75) is 0 Å². The molecule has 0 bridgehead atoms. The van der Waals surface area contributed by atoms with Crippen molar-refractivity contribution in [2.75, 3.05) is 0 Å². The van der Waals surface area contributed by atoms with E-state index in [1.54, 1.807) is 0 Å². The first-order chi connectivity index (χ1) is 39.7. The topological polar surface area (TPSA) is 0 Å². The van der Waals surface area contributed by atoms with Gasteiger partial charge >= 0.3 is 0 Å². The summed E-state index contributed by atoms with van der Waals surface area (Å²) in [5.41, 5.74) is 17.0. The Hall–Kier alpha value is -10.4. The van der Waals surface area contributed by atoms with Gasteiger partial charge in [-0.25, -0.2) is 0 Å². The molecule has 0 nitrogen and oxygen atoms in total. The first-order valence-corrected chi connectivity index (χ1v) is 27.8. The summed E-state index contributed by atoms with van der Waals surface area (Å²) >= 11 is 0. The molecule has 0 amide bonds. The van der Waals surface area contributed by atoms with Crippen molar-refractivity contribution in [3.8, 4) is 77.9 Å². The van der Waals surface area contributed by atoms with Gasteiger partial charge in [-0.15, -0.1) is 0 Å². The number of hydrogen-bond acceptors (Lipinski definition) is 0. The molecule has 0 heterocycles. The maximum absolute atomic E-state index is 2.48. The van der Waals surface area contributed by atoms with Gasteiger partial charge in [0.05, 0.1) is 0 Å². The summed E-state index contributed by atoms with van der Waals surface area (Å²) in [6.07, 6.45) is 0. The van der Waals surface area contributed by atoms with Gasteiger partial charge in [-0.1, -0.05) is 273 Å². The van der Waals surface area contributed by atoms with E-state index in [9.17, 15) is 0 Å². The van der Waals surface area contributed by atoms with Crippen LogP contribution in [-0.4, -0.2) is 0 Å². The van der Waals surface area contributed by atoms with Crippen molar-refractivity contribution >= 4 is 86.2 Å². The van der Waals surface area contributed by atoms with Crippen LogP contribution in [0, 0.1) is 0 Å². The van der Waals surface area contributed by atoms with E-state index in [0.717, 1.165) is 0 Å². The van der Waals surface area contributed by atoms with Crippen LogP contribution in [0.4, 0.5) is 0 Å². The van der Waals surface area contributed by atoms with Crippen LogP contribution < -0.4 is 0 Å². The fourth-order valence-corrected chi connectivity index (χ4v) is 13.4. The Morgan fingerprint density at radius 2 is 0.487 bits per heavy atom. The van der Waals surface area contributed by atoms with Crippen LogP contribution in [0.15, 0.2) is 303 Å². The summed E-state index contributed by atoms with van der Waals surface area (Å²) in [5.74, 6) is 0. The molecule has 0 atom stereocenters. The van der Waals surface area contributed by atoms with Gasteiger partial charge in [0.1, 0.15) is 0 Å². The Bertz CT molecular complexity index is 5110. The zero-order valence-corrected chi connectivity index (χ0v) is 43.9. The van der Waals surface area contributed by atoms with Gasteiger partial charge in [0.2, 0.25) is 0 Å². The van der Waals surface area contributed by atoms with Crippen LogP contribution in [0.25, 0.3) is 164 Å². The molecule has 0 fully saturated rings. The molecule has 0 aliphatic carbocycles. The smallest absolute Gasteiger partial charge is 0.00201 e. The van der Waals surface area contributed by atoms with Crippen molar-refractivity contribution in [1.29, 1.82) is 0 Å². The molecule has 0 aromatic heterocycles. The minimum atomic E-state index is 1.17. The van der Waals surface area contributed by atoms with Gasteiger partial charge in [0.15, 0.2) is 0 Å². The van der Waals surface area contributed by atoms with Crippen LogP contribution in [0.5, 0.6) is 0 Å². The summed E-state index contributed by atoms with van der Waals surface area (Å²) in [6, 6.07) is 113. The Kier molecular flexibility index (Phi) is 10.7. The largest absolute Gasteiger partial charge is 0.0616 e. The number of rotatable bonds is 7. The molecule has 0 aliphatic rings. The average Bonchev–Trinajstić information content (AvgIpc) is 3.53. The molecule has 0 saturated carbocycles. The van der Waals surface area contributed by atoms with Crippen LogP contribution in [0.3, 0.4) is 0 Å². The Morgan fingerprint density at radius 3 is 1.09 bits per heavy atom. The highest BCUT2D eigenvalue weighted by Gasteiger charge is 2.22. The van der Waals surface area contributed by atoms with Gasteiger partial charge in [-0.2, -0.15) is 0 Å². The van der Waals surface area contributed by atoms with E-state index in [2.05, 4.69) is 303 Å². The molecular weight excluding hydrogens is 961 g/mol. The highest BCUT2D eigenvalue weighted by atomic mass is 14.3. The minimum absolute atomic E-state index is 1.17. The molecule has 0 unspecified atom stereocenters. The maximum Gasteiger partial charge on any atom is -0.00201 e. The summed E-state index contributed by atoms with van der Waals surface area (Å²) in [5, 5.41) is 19.7. The Labute approximate surface area is 464 Å². The van der Waals surface area contributed by atoms with E-state index in [-0.39, 0.29) is 0 Å². The second-order valence-electron chi connectivity index (χ2n) is 21.4. The molecule has 16 aromatic rings. The Balaban J connectivity index is 0.972. The molecule has 80 heavy (non-hydrogen) atoms. The summed E-state index contributed by atoms with van der Waals surface area (Å²) in [7, 11) is 0. The number of benzene rings is 16. The maximum atomic E-state index is 2.48. The lowest BCUT2D eigenvalue weighted by Crippen LogP contribution is -1.94. The zero-order valence-electron chi connectivity index (χ0n) is 43.9. The molecule has 370 valence electrons. The molecular formula is C80H50. The lowest BCUT2D eigenvalue weighted by atomic mass is 9.82. The molecule has 0 heteroatoms. The fourth-order valence-electron chi connectivity index (χ4n) is 13.4. The summed E-state index contributed by atoms with van der Waals surface area (Å²) < 4.78 is 0. The van der Waals surface area contributed by atoms with Crippen LogP contribution in [0.2, 0.25) is 0 Å². The fraction of sp³-hybridized carbons (Fsp3) is 0. The van der Waals surface area contributed by atoms with Crippen molar-refractivity contribution in [2.24, 2.45) is 0 Å². The molecule has 0 spiro atoms. The SMILES string of the molecule is c1ccc2cc(-c3c4ccccc4c(-c4ccc(-c5cc(-c6cccc7ccccc67)cc(-c6c(-c7cccc8ccccc78)ccc7ccc(-c8cccc9ccccc89)cc67)c5)c5ccccc45)c4ccccc34)ccc2c1. The van der Waals surface area contributed by atoms with Crippen LogP contribution >= 0.6 is 0 Å². The molecule has 0 N–H and O–H groups in total. The first kappa shape index (κ1) is 45.8. The molecule has 0 aliphatic heterocycles. The van der Waals surface area contributed by atoms with E-state index in [1.807, 2.05) is 0 Å². The van der Waals surface area contributed by atoms with Gasteiger partial charge in [-0.3, -0.25) is 0 Å². The number of fused-ring (bicyclic) bond motifs is 8. The highest BCUT2D eigenvalue weighted by molar-refractivity contribution is 6.25. The molecule has 0 saturated heterocycles. The third kappa shape index (κ3) is 7.45. The second-order valence-corrected chi connectivity index (χ2v) is 21.4. The normalized spacial score (nSPS) is 11.8.